The van der Waals surface area contributed by atoms with Gasteiger partial charge in [0.25, 0.3) is 11.6 Å². The second kappa shape index (κ2) is 5.40. The largest absolute Gasteiger partial charge is 0.453 e. The summed E-state index contributed by atoms with van der Waals surface area (Å²) in [4.78, 5) is 7.48. The first-order valence-corrected chi connectivity index (χ1v) is 7.41. The Kier molecular flexibility index (Phi) is 3.70. The molecule has 1 saturated carbocycles. The zero-order valence-electron chi connectivity index (χ0n) is 12.5. The summed E-state index contributed by atoms with van der Waals surface area (Å²) in [5.74, 6) is 0.115. The molecule has 0 bridgehead atoms. The number of rotatable bonds is 5. The van der Waals surface area contributed by atoms with Crippen molar-refractivity contribution in [2.45, 2.75) is 51.7 Å². The Bertz CT molecular complexity index is 675. The van der Waals surface area contributed by atoms with Crippen LogP contribution < -0.4 is 5.32 Å². The smallest absolute Gasteiger partial charge is 0.367 e. The molecule has 8 heteroatoms. The van der Waals surface area contributed by atoms with Gasteiger partial charge in [-0.2, -0.15) is 22.7 Å². The zero-order chi connectivity index (χ0) is 15.9. The fourth-order valence-corrected chi connectivity index (χ4v) is 2.43. The molecular weight excluding hydrogens is 295 g/mol. The molecule has 1 N–H and O–H groups in total. The van der Waals surface area contributed by atoms with E-state index in [1.165, 1.54) is 12.8 Å². The Labute approximate surface area is 126 Å². The van der Waals surface area contributed by atoms with Gasteiger partial charge in [-0.05, 0) is 32.6 Å². The van der Waals surface area contributed by atoms with Gasteiger partial charge in [-0.1, -0.05) is 12.8 Å². The number of fused-ring (bicyclic) bond motifs is 1. The summed E-state index contributed by atoms with van der Waals surface area (Å²) in [5, 5.41) is 6.77. The lowest BCUT2D eigenvalue weighted by atomic mass is 10.1. The van der Waals surface area contributed by atoms with Crippen molar-refractivity contribution in [2.24, 2.45) is 5.92 Å². The predicted molar refractivity (Wildman–Crippen MR) is 75.6 cm³/mol. The van der Waals surface area contributed by atoms with Crippen LogP contribution in [0.1, 0.15) is 44.1 Å². The van der Waals surface area contributed by atoms with Crippen LogP contribution in [0.4, 0.5) is 19.0 Å². The molecule has 0 amide bonds. The molecule has 1 aliphatic carbocycles. The van der Waals surface area contributed by atoms with Gasteiger partial charge in [0.15, 0.2) is 0 Å². The minimum absolute atomic E-state index is 0.0378. The van der Waals surface area contributed by atoms with Gasteiger partial charge in [-0.3, -0.25) is 0 Å². The third-order valence-electron chi connectivity index (χ3n) is 3.79. The average Bonchev–Trinajstić information content (AvgIpc) is 3.13. The van der Waals surface area contributed by atoms with E-state index in [-0.39, 0.29) is 11.8 Å². The maximum atomic E-state index is 12.8. The SMILES string of the molecule is Cc1cc(NC(C)CCC2CC2)n2nc(C(F)(F)F)nc2n1. The molecule has 120 valence electrons. The van der Waals surface area contributed by atoms with Crippen LogP contribution in [0.2, 0.25) is 0 Å². The van der Waals surface area contributed by atoms with Crippen LogP contribution in [0.5, 0.6) is 0 Å². The van der Waals surface area contributed by atoms with Gasteiger partial charge in [0, 0.05) is 17.8 Å². The first kappa shape index (κ1) is 15.1. The molecule has 1 fully saturated rings. The highest BCUT2D eigenvalue weighted by Gasteiger charge is 2.36. The van der Waals surface area contributed by atoms with Gasteiger partial charge in [0.05, 0.1) is 0 Å². The second-order valence-corrected chi connectivity index (χ2v) is 5.99. The molecule has 0 aliphatic heterocycles. The summed E-state index contributed by atoms with van der Waals surface area (Å²) >= 11 is 0. The highest BCUT2D eigenvalue weighted by molar-refractivity contribution is 5.46. The van der Waals surface area contributed by atoms with Crippen molar-refractivity contribution >= 4 is 11.6 Å². The maximum Gasteiger partial charge on any atom is 0.453 e. The second-order valence-electron chi connectivity index (χ2n) is 5.99. The average molecular weight is 313 g/mol. The Balaban J connectivity index is 1.85. The van der Waals surface area contributed by atoms with Crippen LogP contribution in [0, 0.1) is 12.8 Å². The summed E-state index contributed by atoms with van der Waals surface area (Å²) in [5.41, 5.74) is 0.602. The molecule has 1 aliphatic rings. The standard InChI is InChI=1S/C14H18F3N5/c1-8(3-4-10-5-6-10)18-11-7-9(2)19-13-20-12(14(15,16)17)21-22(11)13/h7-8,10,18H,3-6H2,1-2H3. The van der Waals surface area contributed by atoms with Gasteiger partial charge in [-0.15, -0.1) is 5.10 Å². The molecule has 2 aromatic heterocycles. The van der Waals surface area contributed by atoms with Crippen molar-refractivity contribution < 1.29 is 13.2 Å². The van der Waals surface area contributed by atoms with Gasteiger partial charge >= 0.3 is 6.18 Å². The lowest BCUT2D eigenvalue weighted by Crippen LogP contribution is -2.18. The number of aryl methyl sites for hydroxylation is 1. The third kappa shape index (κ3) is 3.31. The van der Waals surface area contributed by atoms with E-state index in [4.69, 9.17) is 0 Å². The lowest BCUT2D eigenvalue weighted by Gasteiger charge is -2.15. The van der Waals surface area contributed by atoms with Crippen molar-refractivity contribution in [2.75, 3.05) is 5.32 Å². The molecule has 2 heterocycles. The molecular formula is C14H18F3N5. The number of aromatic nitrogens is 4. The molecule has 1 atom stereocenters. The maximum absolute atomic E-state index is 12.8. The summed E-state index contributed by atoms with van der Waals surface area (Å²) in [6, 6.07) is 1.85. The van der Waals surface area contributed by atoms with E-state index in [0.29, 0.717) is 11.5 Å². The number of nitrogens with zero attached hydrogens (tertiary/aromatic N) is 4. The summed E-state index contributed by atoms with van der Waals surface area (Å²) in [6.45, 7) is 3.74. The number of nitrogens with one attached hydrogen (secondary N) is 1. The first-order chi connectivity index (χ1) is 10.3. The van der Waals surface area contributed by atoms with E-state index in [0.717, 1.165) is 23.3 Å². The minimum atomic E-state index is -4.57. The van der Waals surface area contributed by atoms with E-state index >= 15 is 0 Å². The van der Waals surface area contributed by atoms with Crippen LogP contribution in [0.3, 0.4) is 0 Å². The van der Waals surface area contributed by atoms with E-state index < -0.39 is 12.0 Å². The molecule has 0 aromatic carbocycles. The van der Waals surface area contributed by atoms with Gasteiger partial charge in [0.2, 0.25) is 0 Å². The third-order valence-corrected chi connectivity index (χ3v) is 3.79. The highest BCUT2D eigenvalue weighted by atomic mass is 19.4. The minimum Gasteiger partial charge on any atom is -0.367 e. The Morgan fingerprint density at radius 1 is 1.36 bits per heavy atom. The predicted octanol–water partition coefficient (Wildman–Crippen LogP) is 3.44. The summed E-state index contributed by atoms with van der Waals surface area (Å²) in [6.07, 6.45) is 0.143. The van der Waals surface area contributed by atoms with E-state index in [1.54, 1.807) is 13.0 Å². The Morgan fingerprint density at radius 3 is 2.73 bits per heavy atom. The molecule has 1 unspecified atom stereocenters. The number of hydrogen-bond acceptors (Lipinski definition) is 4. The summed E-state index contributed by atoms with van der Waals surface area (Å²) in [7, 11) is 0. The van der Waals surface area contributed by atoms with E-state index in [1.807, 2.05) is 6.92 Å². The Hall–Kier alpha value is -1.86. The number of halogens is 3. The van der Waals surface area contributed by atoms with Crippen LogP contribution in [0.25, 0.3) is 5.78 Å². The van der Waals surface area contributed by atoms with Crippen molar-refractivity contribution in [3.05, 3.63) is 17.6 Å². The van der Waals surface area contributed by atoms with Gasteiger partial charge < -0.3 is 5.32 Å². The Morgan fingerprint density at radius 2 is 2.09 bits per heavy atom. The number of anilines is 1. The summed E-state index contributed by atoms with van der Waals surface area (Å²) < 4.78 is 39.4. The molecule has 22 heavy (non-hydrogen) atoms. The first-order valence-electron chi connectivity index (χ1n) is 7.41. The van der Waals surface area contributed by atoms with Crippen LogP contribution >= 0.6 is 0 Å². The molecule has 0 spiro atoms. The fraction of sp³-hybridized carbons (Fsp3) is 0.643. The van der Waals surface area contributed by atoms with Crippen molar-refractivity contribution in [1.29, 1.82) is 0 Å². The van der Waals surface area contributed by atoms with Crippen LogP contribution in [0.15, 0.2) is 6.07 Å². The quantitative estimate of drug-likeness (QED) is 0.918. The monoisotopic (exact) mass is 313 g/mol. The zero-order valence-corrected chi connectivity index (χ0v) is 12.5. The highest BCUT2D eigenvalue weighted by Crippen LogP contribution is 2.34. The molecule has 5 nitrogen and oxygen atoms in total. The van der Waals surface area contributed by atoms with Crippen LogP contribution in [-0.4, -0.2) is 25.6 Å². The van der Waals surface area contributed by atoms with Crippen LogP contribution in [-0.2, 0) is 6.18 Å². The fourth-order valence-electron chi connectivity index (χ4n) is 2.43. The van der Waals surface area contributed by atoms with Gasteiger partial charge in [0.1, 0.15) is 5.82 Å². The molecule has 2 aromatic rings. The number of hydrogen-bond donors (Lipinski definition) is 1. The van der Waals surface area contributed by atoms with E-state index in [2.05, 4.69) is 20.4 Å². The van der Waals surface area contributed by atoms with Crippen molar-refractivity contribution in [1.82, 2.24) is 19.6 Å². The molecule has 0 radical (unpaired) electrons. The topological polar surface area (TPSA) is 55.1 Å². The number of alkyl halides is 3. The lowest BCUT2D eigenvalue weighted by molar-refractivity contribution is -0.144. The van der Waals surface area contributed by atoms with Crippen molar-refractivity contribution in [3.63, 3.8) is 0 Å². The molecule has 3 rings (SSSR count). The van der Waals surface area contributed by atoms with Gasteiger partial charge in [-0.25, -0.2) is 4.98 Å². The normalized spacial score (nSPS) is 17.0. The van der Waals surface area contributed by atoms with E-state index in [9.17, 15) is 13.2 Å². The van der Waals surface area contributed by atoms with Crippen molar-refractivity contribution in [3.8, 4) is 0 Å². The molecule has 0 saturated heterocycles.